The number of thiophene rings is 1. The Balaban J connectivity index is 2.03. The topological polar surface area (TPSA) is 65.2 Å². The second-order valence-electron chi connectivity index (χ2n) is 5.94. The number of methoxy groups -OCH3 is 1. The Kier molecular flexibility index (Phi) is 4.33. The molecule has 2 aromatic carbocycles. The summed E-state index contributed by atoms with van der Waals surface area (Å²) >= 11 is 1.19. The normalized spacial score (nSPS) is 10.9. The maximum atomic E-state index is 13.3. The van der Waals surface area contributed by atoms with E-state index in [0.29, 0.717) is 21.1 Å². The van der Waals surface area contributed by atoms with E-state index >= 15 is 0 Å². The number of hydrogen-bond donors (Lipinski definition) is 1. The molecule has 0 aliphatic heterocycles. The number of esters is 1. The molecule has 0 unspecified atom stereocenters. The Hall–Kier alpha value is -3.25. The van der Waals surface area contributed by atoms with Crippen LogP contribution in [0.1, 0.15) is 9.67 Å². The molecule has 2 N–H and O–H groups in total. The van der Waals surface area contributed by atoms with Crippen molar-refractivity contribution in [3.8, 4) is 22.4 Å². The number of halogens is 1. The maximum absolute atomic E-state index is 13.3. The maximum Gasteiger partial charge on any atom is 0.350 e. The van der Waals surface area contributed by atoms with E-state index in [-0.39, 0.29) is 5.82 Å². The molecule has 4 aromatic rings. The Morgan fingerprint density at radius 3 is 2.44 bits per heavy atom. The summed E-state index contributed by atoms with van der Waals surface area (Å²) in [4.78, 5) is 17.7. The summed E-state index contributed by atoms with van der Waals surface area (Å²) in [6.45, 7) is 0. The Labute approximate surface area is 159 Å². The number of anilines is 1. The molecule has 0 aliphatic rings. The number of aromatic nitrogens is 1. The van der Waals surface area contributed by atoms with Crippen LogP contribution in [0.5, 0.6) is 0 Å². The van der Waals surface area contributed by atoms with Crippen molar-refractivity contribution in [3.05, 3.63) is 71.4 Å². The molecule has 2 heterocycles. The molecule has 2 aromatic heterocycles. The summed E-state index contributed by atoms with van der Waals surface area (Å²) in [5, 5.41) is 0.720. The van der Waals surface area contributed by atoms with E-state index in [0.717, 1.165) is 22.1 Å². The van der Waals surface area contributed by atoms with Gasteiger partial charge in [0.15, 0.2) is 0 Å². The van der Waals surface area contributed by atoms with Crippen LogP contribution in [-0.2, 0) is 4.74 Å². The van der Waals surface area contributed by atoms with Gasteiger partial charge in [0, 0.05) is 10.9 Å². The molecule has 0 aliphatic carbocycles. The third-order valence-corrected chi connectivity index (χ3v) is 5.37. The third kappa shape index (κ3) is 3.04. The van der Waals surface area contributed by atoms with Crippen molar-refractivity contribution in [2.75, 3.05) is 12.8 Å². The first-order valence-electron chi connectivity index (χ1n) is 8.21. The van der Waals surface area contributed by atoms with Crippen molar-refractivity contribution in [2.45, 2.75) is 0 Å². The van der Waals surface area contributed by atoms with Crippen LogP contribution < -0.4 is 5.73 Å². The van der Waals surface area contributed by atoms with Gasteiger partial charge in [-0.15, -0.1) is 11.3 Å². The average Bonchev–Trinajstić information content (AvgIpc) is 3.04. The lowest BCUT2D eigenvalue weighted by Gasteiger charge is -2.09. The second kappa shape index (κ2) is 6.81. The molecule has 6 heteroatoms. The Bertz CT molecular complexity index is 1140. The number of carbonyl (C=O) groups excluding carboxylic acids is 1. The van der Waals surface area contributed by atoms with Gasteiger partial charge < -0.3 is 10.5 Å². The van der Waals surface area contributed by atoms with E-state index in [2.05, 4.69) is 4.98 Å². The molecule has 0 amide bonds. The minimum atomic E-state index is -0.488. The van der Waals surface area contributed by atoms with Gasteiger partial charge in [0.2, 0.25) is 0 Å². The van der Waals surface area contributed by atoms with Crippen LogP contribution in [0.25, 0.3) is 32.6 Å². The Morgan fingerprint density at radius 2 is 1.78 bits per heavy atom. The molecule has 134 valence electrons. The Morgan fingerprint density at radius 1 is 1.07 bits per heavy atom. The quantitative estimate of drug-likeness (QED) is 0.502. The van der Waals surface area contributed by atoms with Gasteiger partial charge >= 0.3 is 5.97 Å². The number of benzene rings is 2. The lowest BCUT2D eigenvalue weighted by atomic mass is 9.99. The summed E-state index contributed by atoms with van der Waals surface area (Å²) in [5.74, 6) is -0.797. The lowest BCUT2D eigenvalue weighted by Crippen LogP contribution is -2.01. The number of ether oxygens (including phenoxy) is 1. The van der Waals surface area contributed by atoms with Crippen LogP contribution >= 0.6 is 11.3 Å². The fourth-order valence-corrected chi connectivity index (χ4v) is 4.02. The van der Waals surface area contributed by atoms with Crippen molar-refractivity contribution in [1.82, 2.24) is 4.98 Å². The molecule has 4 rings (SSSR count). The molecule has 0 spiro atoms. The summed E-state index contributed by atoms with van der Waals surface area (Å²) < 4.78 is 18.1. The third-order valence-electron chi connectivity index (χ3n) is 4.29. The van der Waals surface area contributed by atoms with Crippen LogP contribution in [0.15, 0.2) is 60.7 Å². The van der Waals surface area contributed by atoms with Crippen molar-refractivity contribution >= 4 is 33.2 Å². The van der Waals surface area contributed by atoms with Gasteiger partial charge in [-0.1, -0.05) is 30.3 Å². The molecule has 0 saturated carbocycles. The number of fused-ring (bicyclic) bond motifs is 1. The van der Waals surface area contributed by atoms with Crippen molar-refractivity contribution < 1.29 is 13.9 Å². The van der Waals surface area contributed by atoms with E-state index < -0.39 is 5.97 Å². The van der Waals surface area contributed by atoms with E-state index in [1.54, 1.807) is 12.1 Å². The smallest absolute Gasteiger partial charge is 0.350 e. The molecule has 27 heavy (non-hydrogen) atoms. The molecule has 4 nitrogen and oxygen atoms in total. The van der Waals surface area contributed by atoms with Crippen molar-refractivity contribution in [3.63, 3.8) is 0 Å². The average molecular weight is 378 g/mol. The SMILES string of the molecule is COC(=O)c1sc2nc(-c3ccc(F)cc3)cc(-c3ccccc3)c2c1N. The van der Waals surface area contributed by atoms with Crippen LogP contribution in [0.3, 0.4) is 0 Å². The van der Waals surface area contributed by atoms with Gasteiger partial charge in [-0.05, 0) is 41.5 Å². The zero-order valence-electron chi connectivity index (χ0n) is 14.4. The van der Waals surface area contributed by atoms with E-state index in [4.69, 9.17) is 10.5 Å². The highest BCUT2D eigenvalue weighted by Crippen LogP contribution is 2.41. The van der Waals surface area contributed by atoms with Crippen LogP contribution in [0, 0.1) is 5.82 Å². The van der Waals surface area contributed by atoms with Gasteiger partial charge in [0.1, 0.15) is 15.5 Å². The standard InChI is InChI=1S/C21H15FN2O2S/c1-26-21(25)19-18(23)17-15(12-5-3-2-4-6-12)11-16(24-20(17)27-19)13-7-9-14(22)10-8-13/h2-11H,23H2,1H3. The first-order valence-corrected chi connectivity index (χ1v) is 9.03. The highest BCUT2D eigenvalue weighted by atomic mass is 32.1. The molecular formula is C21H15FN2O2S. The summed E-state index contributed by atoms with van der Waals surface area (Å²) in [5.41, 5.74) is 9.92. The lowest BCUT2D eigenvalue weighted by molar-refractivity contribution is 0.0607. The summed E-state index contributed by atoms with van der Waals surface area (Å²) in [7, 11) is 1.32. The predicted octanol–water partition coefficient (Wildman–Crippen LogP) is 5.14. The first kappa shape index (κ1) is 17.2. The van der Waals surface area contributed by atoms with Gasteiger partial charge in [0.25, 0.3) is 0 Å². The number of pyridine rings is 1. The molecule has 0 bridgehead atoms. The first-order chi connectivity index (χ1) is 13.1. The second-order valence-corrected chi connectivity index (χ2v) is 6.94. The van der Waals surface area contributed by atoms with E-state index in [9.17, 15) is 9.18 Å². The van der Waals surface area contributed by atoms with Crippen molar-refractivity contribution in [2.24, 2.45) is 0 Å². The van der Waals surface area contributed by atoms with Gasteiger partial charge in [-0.2, -0.15) is 0 Å². The minimum Gasteiger partial charge on any atom is -0.465 e. The summed E-state index contributed by atoms with van der Waals surface area (Å²) in [6, 6.07) is 17.8. The van der Waals surface area contributed by atoms with Gasteiger partial charge in [0.05, 0.1) is 18.5 Å². The highest BCUT2D eigenvalue weighted by molar-refractivity contribution is 7.21. The number of nitrogens with zero attached hydrogens (tertiary/aromatic N) is 1. The number of carbonyl (C=O) groups is 1. The van der Waals surface area contributed by atoms with E-state index in [1.165, 1.54) is 30.6 Å². The number of hydrogen-bond acceptors (Lipinski definition) is 5. The fourth-order valence-electron chi connectivity index (χ4n) is 2.98. The molecule has 0 fully saturated rings. The van der Waals surface area contributed by atoms with Gasteiger partial charge in [-0.3, -0.25) is 0 Å². The number of nitrogens with two attached hydrogens (primary N) is 1. The highest BCUT2D eigenvalue weighted by Gasteiger charge is 2.21. The van der Waals surface area contributed by atoms with E-state index in [1.807, 2.05) is 36.4 Å². The zero-order valence-corrected chi connectivity index (χ0v) is 15.2. The fraction of sp³-hybridized carbons (Fsp3) is 0.0476. The molecular weight excluding hydrogens is 363 g/mol. The monoisotopic (exact) mass is 378 g/mol. The minimum absolute atomic E-state index is 0.309. The number of rotatable bonds is 3. The van der Waals surface area contributed by atoms with Crippen LogP contribution in [-0.4, -0.2) is 18.1 Å². The van der Waals surface area contributed by atoms with Gasteiger partial charge in [-0.25, -0.2) is 14.2 Å². The van der Waals surface area contributed by atoms with Crippen LogP contribution in [0.2, 0.25) is 0 Å². The summed E-state index contributed by atoms with van der Waals surface area (Å²) in [6.07, 6.45) is 0. The molecule has 0 atom stereocenters. The molecule has 0 saturated heterocycles. The zero-order chi connectivity index (χ0) is 19.0. The van der Waals surface area contributed by atoms with Crippen LogP contribution in [0.4, 0.5) is 10.1 Å². The largest absolute Gasteiger partial charge is 0.465 e. The number of nitrogen functional groups attached to an aromatic ring is 1. The molecule has 0 radical (unpaired) electrons. The van der Waals surface area contributed by atoms with Crippen molar-refractivity contribution in [1.29, 1.82) is 0 Å². The predicted molar refractivity (Wildman–Crippen MR) is 106 cm³/mol.